The Morgan fingerprint density at radius 1 is 0.172 bits per heavy atom. The number of benzene rings is 11. The van der Waals surface area contributed by atoms with E-state index in [9.17, 15) is 0 Å². The van der Waals surface area contributed by atoms with Gasteiger partial charge in [-0.25, -0.2) is 0 Å². The fraction of sp³-hybridized carbons (Fsp3) is 0. The first-order valence-corrected chi connectivity index (χ1v) is 20.1. The third kappa shape index (κ3) is 5.86. The molecule has 0 unspecified atom stereocenters. The normalized spacial score (nSPS) is 11.4. The van der Waals surface area contributed by atoms with Crippen LogP contribution in [0.4, 0.5) is 0 Å². The molecule has 0 fully saturated rings. The second-order valence-electron chi connectivity index (χ2n) is 15.2. The summed E-state index contributed by atoms with van der Waals surface area (Å²) in [4.78, 5) is 0. The van der Waals surface area contributed by atoms with Crippen LogP contribution in [0.2, 0.25) is 0 Å². The Kier molecular flexibility index (Phi) is 8.26. The van der Waals surface area contributed by atoms with Crippen LogP contribution in [-0.2, 0) is 0 Å². The van der Waals surface area contributed by atoms with Gasteiger partial charge in [0.25, 0.3) is 0 Å². The highest BCUT2D eigenvalue weighted by Gasteiger charge is 2.22. The second kappa shape index (κ2) is 14.2. The summed E-state index contributed by atoms with van der Waals surface area (Å²) >= 11 is 0. The Labute approximate surface area is 339 Å². The molecule has 0 nitrogen and oxygen atoms in total. The average Bonchev–Trinajstić information content (AvgIpc) is 3.30. The molecule has 0 aliphatic carbocycles. The van der Waals surface area contributed by atoms with Crippen molar-refractivity contribution in [2.45, 2.75) is 0 Å². The summed E-state index contributed by atoms with van der Waals surface area (Å²) in [7, 11) is 0. The van der Waals surface area contributed by atoms with E-state index < -0.39 is 0 Å². The summed E-state index contributed by atoms with van der Waals surface area (Å²) in [6.45, 7) is 0. The quantitative estimate of drug-likeness (QED) is 0.149. The second-order valence-corrected chi connectivity index (χ2v) is 15.2. The summed E-state index contributed by atoms with van der Waals surface area (Å²) in [5.74, 6) is 0. The molecule has 270 valence electrons. The monoisotopic (exact) mass is 734 g/mol. The van der Waals surface area contributed by atoms with Crippen LogP contribution in [0.25, 0.3) is 110 Å². The van der Waals surface area contributed by atoms with Gasteiger partial charge in [-0.05, 0) is 134 Å². The van der Waals surface area contributed by atoms with Crippen molar-refractivity contribution in [1.82, 2.24) is 0 Å². The third-order valence-electron chi connectivity index (χ3n) is 11.8. The van der Waals surface area contributed by atoms with Crippen molar-refractivity contribution in [2.24, 2.45) is 0 Å². The molecule has 58 heavy (non-hydrogen) atoms. The van der Waals surface area contributed by atoms with E-state index in [2.05, 4.69) is 231 Å². The minimum Gasteiger partial charge on any atom is -0.0622 e. The van der Waals surface area contributed by atoms with E-state index in [4.69, 9.17) is 0 Å². The number of fused-ring (bicyclic) bond motifs is 4. The SMILES string of the molecule is c1ccc(-c2ccc(-c3ccccc3-c3c4cc5ccccc5cc4c(-c4ccccc4-c4ccc(-c5ccccc5)cc4)c4cc5ccccc5cc34)cc2)cc1. The Bertz CT molecular complexity index is 2960. The highest BCUT2D eigenvalue weighted by Crippen LogP contribution is 2.50. The maximum atomic E-state index is 2.44. The molecule has 0 radical (unpaired) electrons. The number of hydrogen-bond donors (Lipinski definition) is 0. The van der Waals surface area contributed by atoms with Gasteiger partial charge in [-0.2, -0.15) is 0 Å². The molecule has 11 rings (SSSR count). The Hall–Kier alpha value is -7.54. The van der Waals surface area contributed by atoms with Crippen LogP contribution < -0.4 is 0 Å². The predicted molar refractivity (Wildman–Crippen MR) is 249 cm³/mol. The Morgan fingerprint density at radius 3 is 0.741 bits per heavy atom. The van der Waals surface area contributed by atoms with Gasteiger partial charge in [0.1, 0.15) is 0 Å². The molecule has 0 aromatic heterocycles. The molecule has 0 amide bonds. The van der Waals surface area contributed by atoms with Gasteiger partial charge in [-0.1, -0.05) is 206 Å². The smallest absolute Gasteiger partial charge is 0.00197 e. The first-order chi connectivity index (χ1) is 28.8. The van der Waals surface area contributed by atoms with Crippen LogP contribution in [0.15, 0.2) is 231 Å². The van der Waals surface area contributed by atoms with Crippen molar-refractivity contribution < 1.29 is 0 Å². The van der Waals surface area contributed by atoms with Crippen molar-refractivity contribution in [2.75, 3.05) is 0 Å². The van der Waals surface area contributed by atoms with E-state index >= 15 is 0 Å². The number of rotatable bonds is 6. The largest absolute Gasteiger partial charge is 0.0622 e. The Balaban J connectivity index is 1.21. The van der Waals surface area contributed by atoms with Gasteiger partial charge in [-0.15, -0.1) is 0 Å². The zero-order valence-electron chi connectivity index (χ0n) is 31.9. The molecule has 0 saturated carbocycles. The molecule has 0 heterocycles. The fourth-order valence-corrected chi connectivity index (χ4v) is 9.03. The van der Waals surface area contributed by atoms with E-state index in [0.29, 0.717) is 0 Å². The zero-order valence-corrected chi connectivity index (χ0v) is 31.9. The van der Waals surface area contributed by atoms with Crippen molar-refractivity contribution in [3.8, 4) is 66.8 Å². The topological polar surface area (TPSA) is 0 Å². The molecule has 0 N–H and O–H groups in total. The van der Waals surface area contributed by atoms with Crippen LogP contribution in [0.3, 0.4) is 0 Å². The van der Waals surface area contributed by atoms with Crippen molar-refractivity contribution in [1.29, 1.82) is 0 Å². The maximum absolute atomic E-state index is 2.44. The molecule has 11 aromatic carbocycles. The Morgan fingerprint density at radius 2 is 0.414 bits per heavy atom. The van der Waals surface area contributed by atoms with Gasteiger partial charge < -0.3 is 0 Å². The van der Waals surface area contributed by atoms with Crippen LogP contribution >= 0.6 is 0 Å². The van der Waals surface area contributed by atoms with Crippen molar-refractivity contribution >= 4 is 43.1 Å². The predicted octanol–water partition coefficient (Wildman–Crippen LogP) is 16.3. The summed E-state index contributed by atoms with van der Waals surface area (Å²) < 4.78 is 0. The van der Waals surface area contributed by atoms with E-state index in [0.717, 1.165) is 0 Å². The molecule has 0 aliphatic rings. The van der Waals surface area contributed by atoms with Crippen LogP contribution in [0.1, 0.15) is 0 Å². The van der Waals surface area contributed by atoms with Crippen LogP contribution in [0.5, 0.6) is 0 Å². The molecule has 0 saturated heterocycles. The lowest BCUT2D eigenvalue weighted by atomic mass is 9.81. The standard InChI is InChI=1S/C58H38/c1-3-15-39(16-4-1)41-27-31-43(32-28-41)49-23-11-13-25-51(49)57-53-35-45-19-7-9-21-47(45)37-55(53)58(56-38-48-22-10-8-20-46(48)36-54(56)57)52-26-14-12-24-50(52)44-33-29-42(30-34-44)40-17-5-2-6-18-40/h1-38H. The van der Waals surface area contributed by atoms with Gasteiger partial charge in [0.2, 0.25) is 0 Å². The van der Waals surface area contributed by atoms with E-state index in [1.54, 1.807) is 0 Å². The molecular weight excluding hydrogens is 697 g/mol. The lowest BCUT2D eigenvalue weighted by molar-refractivity contribution is 1.58. The highest BCUT2D eigenvalue weighted by atomic mass is 14.2. The first kappa shape index (κ1) is 33.8. The van der Waals surface area contributed by atoms with Gasteiger partial charge in [0.05, 0.1) is 0 Å². The van der Waals surface area contributed by atoms with Crippen molar-refractivity contribution in [3.05, 3.63) is 231 Å². The molecule has 0 aliphatic heterocycles. The third-order valence-corrected chi connectivity index (χ3v) is 11.8. The van der Waals surface area contributed by atoms with Crippen molar-refractivity contribution in [3.63, 3.8) is 0 Å². The first-order valence-electron chi connectivity index (χ1n) is 20.1. The van der Waals surface area contributed by atoms with Gasteiger partial charge in [0, 0.05) is 0 Å². The molecule has 11 aromatic rings. The fourth-order valence-electron chi connectivity index (χ4n) is 9.03. The van der Waals surface area contributed by atoms with E-state index in [1.807, 2.05) is 0 Å². The lowest BCUT2D eigenvalue weighted by Gasteiger charge is -2.22. The average molecular weight is 735 g/mol. The minimum atomic E-state index is 1.20. The summed E-state index contributed by atoms with van der Waals surface area (Å²) in [5, 5.41) is 9.93. The van der Waals surface area contributed by atoms with E-state index in [1.165, 1.54) is 110 Å². The molecule has 0 bridgehead atoms. The molecule has 0 spiro atoms. The summed E-state index contributed by atoms with van der Waals surface area (Å²) in [5.41, 5.74) is 14.7. The van der Waals surface area contributed by atoms with Gasteiger partial charge in [0.15, 0.2) is 0 Å². The summed E-state index contributed by atoms with van der Waals surface area (Å²) in [6.07, 6.45) is 0. The lowest BCUT2D eigenvalue weighted by Crippen LogP contribution is -1.95. The van der Waals surface area contributed by atoms with E-state index in [-0.39, 0.29) is 0 Å². The van der Waals surface area contributed by atoms with Crippen LogP contribution in [0, 0.1) is 0 Å². The molecule has 0 heteroatoms. The van der Waals surface area contributed by atoms with Gasteiger partial charge in [-0.3, -0.25) is 0 Å². The molecular formula is C58H38. The zero-order chi connectivity index (χ0) is 38.4. The number of hydrogen-bond acceptors (Lipinski definition) is 0. The summed E-state index contributed by atoms with van der Waals surface area (Å²) in [6, 6.07) is 84.7. The minimum absolute atomic E-state index is 1.20. The molecule has 0 atom stereocenters. The van der Waals surface area contributed by atoms with Crippen LogP contribution in [-0.4, -0.2) is 0 Å². The van der Waals surface area contributed by atoms with Gasteiger partial charge >= 0.3 is 0 Å². The highest BCUT2D eigenvalue weighted by molar-refractivity contribution is 6.27. The maximum Gasteiger partial charge on any atom is -0.00197 e.